The van der Waals surface area contributed by atoms with E-state index >= 15 is 0 Å². The summed E-state index contributed by atoms with van der Waals surface area (Å²) in [4.78, 5) is 22.5. The van der Waals surface area contributed by atoms with E-state index in [-0.39, 0.29) is 23.5 Å². The van der Waals surface area contributed by atoms with Crippen LogP contribution in [0.15, 0.2) is 46.9 Å². The van der Waals surface area contributed by atoms with Gasteiger partial charge in [-0.1, -0.05) is 34.1 Å². The Morgan fingerprint density at radius 2 is 2.00 bits per heavy atom. The second-order valence-electron chi connectivity index (χ2n) is 4.31. The lowest BCUT2D eigenvalue weighted by atomic mass is 10.1. The number of nitrogens with two attached hydrogens (primary N) is 1. The predicted molar refractivity (Wildman–Crippen MR) is 82.8 cm³/mol. The molecule has 0 heterocycles. The molecule has 108 valence electrons. The summed E-state index contributed by atoms with van der Waals surface area (Å²) < 4.78 is 0.893. The van der Waals surface area contributed by atoms with Gasteiger partial charge in [-0.2, -0.15) is 0 Å². The highest BCUT2D eigenvalue weighted by molar-refractivity contribution is 9.10. The van der Waals surface area contributed by atoms with Crippen molar-refractivity contribution in [3.05, 3.63) is 68.2 Å². The molecule has 0 saturated heterocycles. The number of halogens is 1. The van der Waals surface area contributed by atoms with Crippen LogP contribution < -0.4 is 11.1 Å². The molecule has 0 saturated carbocycles. The molecule has 2 rings (SSSR count). The number of carbonyl (C=O) groups is 1. The van der Waals surface area contributed by atoms with Crippen molar-refractivity contribution < 1.29 is 9.72 Å². The first-order valence-electron chi connectivity index (χ1n) is 6.04. The molecular weight excluding hydrogens is 338 g/mol. The zero-order valence-corrected chi connectivity index (χ0v) is 12.5. The highest BCUT2D eigenvalue weighted by atomic mass is 79.9. The fourth-order valence-corrected chi connectivity index (χ4v) is 2.32. The predicted octanol–water partition coefficient (Wildman–Crippen LogP) is 2.87. The number of nitro benzene ring substituents is 1. The summed E-state index contributed by atoms with van der Waals surface area (Å²) >= 11 is 3.34. The fourth-order valence-electron chi connectivity index (χ4n) is 1.87. The third-order valence-electron chi connectivity index (χ3n) is 2.84. The molecule has 0 aliphatic rings. The lowest BCUT2D eigenvalue weighted by Crippen LogP contribution is -2.24. The highest BCUT2D eigenvalue weighted by Crippen LogP contribution is 2.25. The molecule has 0 atom stereocenters. The maximum atomic E-state index is 12.1. The van der Waals surface area contributed by atoms with Crippen LogP contribution in [0.1, 0.15) is 15.9 Å². The van der Waals surface area contributed by atoms with Crippen LogP contribution in [-0.2, 0) is 6.54 Å². The number of nitro groups is 1. The van der Waals surface area contributed by atoms with Crippen LogP contribution in [-0.4, -0.2) is 10.8 Å². The van der Waals surface area contributed by atoms with Crippen LogP contribution in [0.3, 0.4) is 0 Å². The number of nitrogens with zero attached hydrogens (tertiary/aromatic N) is 1. The van der Waals surface area contributed by atoms with Crippen molar-refractivity contribution in [2.24, 2.45) is 0 Å². The molecule has 2 aromatic rings. The van der Waals surface area contributed by atoms with Gasteiger partial charge in [0.1, 0.15) is 11.3 Å². The number of para-hydroxylation sites is 1. The van der Waals surface area contributed by atoms with Gasteiger partial charge < -0.3 is 11.1 Å². The molecule has 6 nitrogen and oxygen atoms in total. The molecule has 0 radical (unpaired) electrons. The van der Waals surface area contributed by atoms with Crippen LogP contribution in [0, 0.1) is 10.1 Å². The molecule has 1 amide bonds. The number of hydrogen-bond acceptors (Lipinski definition) is 4. The minimum atomic E-state index is -0.649. The summed E-state index contributed by atoms with van der Waals surface area (Å²) in [6.07, 6.45) is 0. The molecular formula is C14H12BrN3O3. The van der Waals surface area contributed by atoms with E-state index in [4.69, 9.17) is 5.73 Å². The molecule has 21 heavy (non-hydrogen) atoms. The number of amides is 1. The number of carbonyl (C=O) groups excluding carboxylic acids is 1. The molecule has 0 aliphatic carbocycles. The van der Waals surface area contributed by atoms with Crippen molar-refractivity contribution in [2.45, 2.75) is 6.54 Å². The van der Waals surface area contributed by atoms with Gasteiger partial charge in [0.15, 0.2) is 0 Å². The van der Waals surface area contributed by atoms with E-state index in [1.807, 2.05) is 24.3 Å². The zero-order valence-electron chi connectivity index (χ0n) is 10.9. The lowest BCUT2D eigenvalue weighted by Gasteiger charge is -2.07. The highest BCUT2D eigenvalue weighted by Gasteiger charge is 2.22. The lowest BCUT2D eigenvalue weighted by molar-refractivity contribution is -0.384. The van der Waals surface area contributed by atoms with Gasteiger partial charge >= 0.3 is 5.69 Å². The van der Waals surface area contributed by atoms with Crippen LogP contribution in [0.25, 0.3) is 0 Å². The minimum Gasteiger partial charge on any atom is -0.393 e. The Hall–Kier alpha value is -2.41. The van der Waals surface area contributed by atoms with E-state index in [9.17, 15) is 14.9 Å². The summed E-state index contributed by atoms with van der Waals surface area (Å²) in [6.45, 7) is 0.268. The molecule has 2 aromatic carbocycles. The van der Waals surface area contributed by atoms with Crippen molar-refractivity contribution in [3.8, 4) is 0 Å². The minimum absolute atomic E-state index is 0.0323. The Bertz CT molecular complexity index is 704. The normalized spacial score (nSPS) is 10.1. The van der Waals surface area contributed by atoms with E-state index in [0.717, 1.165) is 10.0 Å². The van der Waals surface area contributed by atoms with Gasteiger partial charge in [-0.15, -0.1) is 0 Å². The fraction of sp³-hybridized carbons (Fsp3) is 0.0714. The van der Waals surface area contributed by atoms with Gasteiger partial charge in [-0.25, -0.2) is 0 Å². The Kier molecular flexibility index (Phi) is 4.54. The second-order valence-corrected chi connectivity index (χ2v) is 5.23. The molecule has 0 fully saturated rings. The first kappa shape index (κ1) is 15.0. The summed E-state index contributed by atoms with van der Waals surface area (Å²) in [6, 6.07) is 11.7. The standard InChI is InChI=1S/C14H12BrN3O3/c15-10-4-1-3-9(7-10)8-17-14(19)11-5-2-6-12(16)13(11)18(20)21/h1-7H,8,16H2,(H,17,19). The molecule has 7 heteroatoms. The van der Waals surface area contributed by atoms with Gasteiger partial charge in [0.2, 0.25) is 0 Å². The van der Waals surface area contributed by atoms with Crippen molar-refractivity contribution in [3.63, 3.8) is 0 Å². The zero-order chi connectivity index (χ0) is 15.4. The summed E-state index contributed by atoms with van der Waals surface area (Å²) in [5, 5.41) is 13.7. The van der Waals surface area contributed by atoms with Crippen LogP contribution in [0.4, 0.5) is 11.4 Å². The average molecular weight is 350 g/mol. The first-order chi connectivity index (χ1) is 9.99. The Balaban J connectivity index is 2.18. The number of nitrogens with one attached hydrogen (secondary N) is 1. The van der Waals surface area contributed by atoms with E-state index in [2.05, 4.69) is 21.2 Å². The Morgan fingerprint density at radius 1 is 1.29 bits per heavy atom. The van der Waals surface area contributed by atoms with E-state index in [1.165, 1.54) is 18.2 Å². The van der Waals surface area contributed by atoms with Crippen molar-refractivity contribution >= 4 is 33.2 Å². The van der Waals surface area contributed by atoms with Gasteiger partial charge in [0.25, 0.3) is 5.91 Å². The number of hydrogen-bond donors (Lipinski definition) is 2. The molecule has 3 N–H and O–H groups in total. The SMILES string of the molecule is Nc1cccc(C(=O)NCc2cccc(Br)c2)c1[N+](=O)[O-]. The third kappa shape index (κ3) is 3.57. The molecule has 0 unspecified atom stereocenters. The Labute approximate surface area is 129 Å². The van der Waals surface area contributed by atoms with E-state index in [1.54, 1.807) is 0 Å². The van der Waals surface area contributed by atoms with Crippen LogP contribution >= 0.6 is 15.9 Å². The van der Waals surface area contributed by atoms with Crippen LogP contribution in [0.2, 0.25) is 0 Å². The second kappa shape index (κ2) is 6.36. The van der Waals surface area contributed by atoms with Gasteiger partial charge in [0, 0.05) is 11.0 Å². The average Bonchev–Trinajstić information content (AvgIpc) is 2.44. The van der Waals surface area contributed by atoms with Crippen molar-refractivity contribution in [2.75, 3.05) is 5.73 Å². The summed E-state index contributed by atoms with van der Waals surface area (Å²) in [7, 11) is 0. The number of rotatable bonds is 4. The quantitative estimate of drug-likeness (QED) is 0.503. The number of nitrogen functional groups attached to an aromatic ring is 1. The van der Waals surface area contributed by atoms with Crippen molar-refractivity contribution in [1.82, 2.24) is 5.32 Å². The third-order valence-corrected chi connectivity index (χ3v) is 3.33. The molecule has 0 bridgehead atoms. The Morgan fingerprint density at radius 3 is 2.67 bits per heavy atom. The van der Waals surface area contributed by atoms with E-state index in [0.29, 0.717) is 0 Å². The number of anilines is 1. The largest absolute Gasteiger partial charge is 0.393 e. The van der Waals surface area contributed by atoms with Gasteiger partial charge in [-0.05, 0) is 29.8 Å². The molecule has 0 spiro atoms. The van der Waals surface area contributed by atoms with Crippen molar-refractivity contribution in [1.29, 1.82) is 0 Å². The summed E-state index contributed by atoms with van der Waals surface area (Å²) in [5.41, 5.74) is 5.99. The summed E-state index contributed by atoms with van der Waals surface area (Å²) in [5.74, 6) is -0.533. The van der Waals surface area contributed by atoms with Crippen LogP contribution in [0.5, 0.6) is 0 Å². The maximum absolute atomic E-state index is 12.1. The topological polar surface area (TPSA) is 98.3 Å². The molecule has 0 aliphatic heterocycles. The monoisotopic (exact) mass is 349 g/mol. The van der Waals surface area contributed by atoms with Gasteiger partial charge in [-0.3, -0.25) is 14.9 Å². The maximum Gasteiger partial charge on any atom is 0.304 e. The molecule has 0 aromatic heterocycles. The smallest absolute Gasteiger partial charge is 0.304 e. The number of benzene rings is 2. The van der Waals surface area contributed by atoms with Gasteiger partial charge in [0.05, 0.1) is 4.92 Å². The van der Waals surface area contributed by atoms with E-state index < -0.39 is 10.8 Å². The first-order valence-corrected chi connectivity index (χ1v) is 6.84.